The van der Waals surface area contributed by atoms with Crippen LogP contribution in [0, 0.1) is 0 Å². The molecule has 0 radical (unpaired) electrons. The summed E-state index contributed by atoms with van der Waals surface area (Å²) in [5.74, 6) is -5.93. The Labute approximate surface area is 259 Å². The smallest absolute Gasteiger partial charge is 0.490 e. The zero-order valence-corrected chi connectivity index (χ0v) is 25.1. The molecule has 14 nitrogen and oxygen atoms in total. The van der Waals surface area contributed by atoms with Gasteiger partial charge in [-0.3, -0.25) is 9.59 Å². The summed E-state index contributed by atoms with van der Waals surface area (Å²) < 4.78 is 59.2. The topological polar surface area (TPSA) is 195 Å². The van der Waals surface area contributed by atoms with E-state index < -0.39 is 71.8 Å². The Morgan fingerprint density at radius 1 is 1.15 bits per heavy atom. The number of alkyl halides is 3. The van der Waals surface area contributed by atoms with Crippen LogP contribution in [0.4, 0.5) is 13.2 Å². The molecule has 0 aromatic heterocycles. The Bertz CT molecular complexity index is 1480. The van der Waals surface area contributed by atoms with Gasteiger partial charge in [-0.2, -0.15) is 13.2 Å². The maximum atomic E-state index is 13.0. The van der Waals surface area contributed by atoms with Crippen molar-refractivity contribution in [3.63, 3.8) is 0 Å². The number of carboxylic acid groups (broad SMARTS) is 2. The fourth-order valence-electron chi connectivity index (χ4n) is 6.59. The highest BCUT2D eigenvalue weighted by Gasteiger charge is 2.72. The summed E-state index contributed by atoms with van der Waals surface area (Å²) in [7, 11) is 3.51. The Hall–Kier alpha value is -4.38. The van der Waals surface area contributed by atoms with Gasteiger partial charge >= 0.3 is 36.0 Å². The van der Waals surface area contributed by atoms with Crippen molar-refractivity contribution in [3.05, 3.63) is 35.1 Å². The molecule has 1 spiro atoms. The second kappa shape index (κ2) is 12.4. The number of benzene rings is 1. The number of likely N-dealkylation sites (N-methyl/N-ethyl adjacent to an activating group) is 1. The molecule has 1 saturated heterocycles. The number of hydrogen-bond acceptors (Lipinski definition) is 12. The Morgan fingerprint density at radius 3 is 2.37 bits per heavy atom. The molecule has 1 fully saturated rings. The number of halogens is 3. The minimum Gasteiger partial charge on any atom is -0.493 e. The van der Waals surface area contributed by atoms with E-state index >= 15 is 0 Å². The molecule has 6 atom stereocenters. The van der Waals surface area contributed by atoms with Crippen molar-refractivity contribution in [2.75, 3.05) is 20.7 Å². The molecule has 1 aromatic rings. The van der Waals surface area contributed by atoms with Gasteiger partial charge in [-0.15, -0.1) is 0 Å². The number of carboxylic acids is 2. The molecule has 2 unspecified atom stereocenters. The van der Waals surface area contributed by atoms with Crippen molar-refractivity contribution in [2.45, 2.75) is 81.1 Å². The van der Waals surface area contributed by atoms with Gasteiger partial charge in [0.2, 0.25) is 6.10 Å². The normalized spacial score (nSPS) is 26.8. The average molecular weight is 660 g/mol. The summed E-state index contributed by atoms with van der Waals surface area (Å²) in [5, 5.41) is 28.4. The first kappa shape index (κ1) is 34.5. The summed E-state index contributed by atoms with van der Waals surface area (Å²) in [5.41, 5.74) is -0.184. The van der Waals surface area contributed by atoms with Crippen molar-refractivity contribution >= 4 is 29.8 Å². The van der Waals surface area contributed by atoms with Crippen LogP contribution in [-0.2, 0) is 50.0 Å². The second-order valence-corrected chi connectivity index (χ2v) is 11.3. The van der Waals surface area contributed by atoms with Gasteiger partial charge in [-0.25, -0.2) is 14.4 Å². The lowest BCUT2D eigenvalue weighted by atomic mass is 9.50. The van der Waals surface area contributed by atoms with Crippen LogP contribution in [0.15, 0.2) is 24.0 Å². The summed E-state index contributed by atoms with van der Waals surface area (Å²) in [4.78, 5) is 59.2. The van der Waals surface area contributed by atoms with Crippen LogP contribution < -0.4 is 9.47 Å². The predicted molar refractivity (Wildman–Crippen MR) is 145 cm³/mol. The molecule has 252 valence electrons. The fourth-order valence-corrected chi connectivity index (χ4v) is 6.59. The van der Waals surface area contributed by atoms with Gasteiger partial charge < -0.3 is 43.9 Å². The maximum absolute atomic E-state index is 13.0. The van der Waals surface area contributed by atoms with Crippen molar-refractivity contribution < 1.29 is 76.1 Å². The van der Waals surface area contributed by atoms with E-state index in [1.165, 1.54) is 7.11 Å². The molecule has 2 aliphatic heterocycles. The number of carbonyl (C=O) groups excluding carboxylic acids is 3. The molecular weight excluding hydrogens is 627 g/mol. The van der Waals surface area contributed by atoms with Gasteiger partial charge in [-0.1, -0.05) is 6.07 Å². The third-order valence-corrected chi connectivity index (χ3v) is 8.60. The van der Waals surface area contributed by atoms with Crippen LogP contribution in [-0.4, -0.2) is 107 Å². The number of rotatable bonds is 8. The maximum Gasteiger partial charge on any atom is 0.490 e. The molecule has 2 heterocycles. The lowest BCUT2D eigenvalue weighted by molar-refractivity contribution is -0.192. The highest BCUT2D eigenvalue weighted by atomic mass is 19.4. The van der Waals surface area contributed by atoms with Gasteiger partial charge in [0.25, 0.3) is 0 Å². The molecule has 5 rings (SSSR count). The molecule has 17 heteroatoms. The molecule has 1 aromatic carbocycles. The SMILES string of the molecule is COc1ccc2c3c1O[C@H]1C(OC(=O)CC(OC(C)=O)C(=O)OC(C)C(=O)O)=CC[C@@]4(O)[C@@H](C2)N(C)CC[C@]314.O=C(O)C(F)(F)F. The summed E-state index contributed by atoms with van der Waals surface area (Å²) in [6.45, 7) is 2.86. The van der Waals surface area contributed by atoms with Crippen molar-refractivity contribution in [3.8, 4) is 11.5 Å². The Morgan fingerprint density at radius 2 is 1.80 bits per heavy atom. The van der Waals surface area contributed by atoms with E-state index in [0.29, 0.717) is 30.9 Å². The third kappa shape index (κ3) is 5.95. The first-order valence-corrected chi connectivity index (χ1v) is 14.0. The number of aliphatic hydroxyl groups is 1. The van der Waals surface area contributed by atoms with E-state index in [4.69, 9.17) is 38.7 Å². The first-order chi connectivity index (χ1) is 21.4. The average Bonchev–Trinajstić information content (AvgIpc) is 3.31. The third-order valence-electron chi connectivity index (χ3n) is 8.60. The lowest BCUT2D eigenvalue weighted by Gasteiger charge is -2.61. The lowest BCUT2D eigenvalue weighted by Crippen LogP contribution is -2.74. The van der Waals surface area contributed by atoms with Crippen LogP contribution in [0.2, 0.25) is 0 Å². The molecule has 3 N–H and O–H groups in total. The number of piperidine rings is 1. The molecule has 46 heavy (non-hydrogen) atoms. The summed E-state index contributed by atoms with van der Waals surface area (Å²) in [6, 6.07) is 3.62. The zero-order chi connectivity index (χ0) is 34.4. The number of methoxy groups -OCH3 is 1. The highest BCUT2D eigenvalue weighted by Crippen LogP contribution is 2.65. The van der Waals surface area contributed by atoms with Crippen LogP contribution in [0.3, 0.4) is 0 Å². The number of nitrogens with zero attached hydrogens (tertiary/aromatic N) is 1. The molecule has 2 aliphatic carbocycles. The standard InChI is InChI=1S/C27H31NO11.C2HF3O2/c1-13(24(31)32)36-25(33)18(37-14(2)29)12-20(30)38-17-7-8-27(34)19-11-15-5-6-16(35-4)22-21(15)26(27,23(17)39-22)9-10-28(19)3;3-2(4,5)1(6)7/h5-7,13,18-19,23,34H,8-12H2,1-4H3,(H,31,32);(H,6,7)/t13?,18?,19-,23+,26+,27-;/m1./s1. The van der Waals surface area contributed by atoms with Crippen LogP contribution in [0.25, 0.3) is 0 Å². The minimum atomic E-state index is -5.08. The summed E-state index contributed by atoms with van der Waals surface area (Å²) in [6.07, 6.45) is -6.85. The van der Waals surface area contributed by atoms with Crippen LogP contribution in [0.1, 0.15) is 44.2 Å². The molecular formula is C29H32F3NO13. The molecule has 0 saturated carbocycles. The Balaban J connectivity index is 0.000000617. The molecule has 2 bridgehead atoms. The van der Waals surface area contributed by atoms with Gasteiger partial charge in [0.15, 0.2) is 23.7 Å². The second-order valence-electron chi connectivity index (χ2n) is 11.3. The van der Waals surface area contributed by atoms with Gasteiger partial charge in [0, 0.05) is 24.9 Å². The highest BCUT2D eigenvalue weighted by molar-refractivity contribution is 5.86. The summed E-state index contributed by atoms with van der Waals surface area (Å²) >= 11 is 0. The van der Waals surface area contributed by atoms with Gasteiger partial charge in [0.1, 0.15) is 5.76 Å². The number of carbonyl (C=O) groups is 5. The number of ether oxygens (including phenoxy) is 5. The first-order valence-electron chi connectivity index (χ1n) is 14.0. The Kier molecular flexibility index (Phi) is 9.32. The van der Waals surface area contributed by atoms with E-state index in [0.717, 1.165) is 25.0 Å². The quantitative estimate of drug-likeness (QED) is 0.268. The number of aliphatic carboxylic acids is 2. The number of hydrogen-bond donors (Lipinski definition) is 3. The van der Waals surface area contributed by atoms with Crippen LogP contribution in [0.5, 0.6) is 11.5 Å². The minimum absolute atomic E-state index is 0.174. The van der Waals surface area contributed by atoms with Gasteiger partial charge in [0.05, 0.1) is 24.5 Å². The van der Waals surface area contributed by atoms with E-state index in [1.54, 1.807) is 6.08 Å². The van der Waals surface area contributed by atoms with Gasteiger partial charge in [-0.05, 0) is 51.1 Å². The number of likely N-dealkylation sites (tertiary alicyclic amines) is 1. The molecule has 0 amide bonds. The van der Waals surface area contributed by atoms with E-state index in [1.807, 2.05) is 19.2 Å². The van der Waals surface area contributed by atoms with E-state index in [2.05, 4.69) is 4.90 Å². The molecule has 4 aliphatic rings. The van der Waals surface area contributed by atoms with Crippen molar-refractivity contribution in [2.24, 2.45) is 0 Å². The predicted octanol–water partition coefficient (Wildman–Crippen LogP) is 1.49. The van der Waals surface area contributed by atoms with Crippen molar-refractivity contribution in [1.82, 2.24) is 4.90 Å². The number of esters is 3. The van der Waals surface area contributed by atoms with Crippen molar-refractivity contribution in [1.29, 1.82) is 0 Å². The fraction of sp³-hybridized carbons (Fsp3) is 0.552. The monoisotopic (exact) mass is 659 g/mol. The van der Waals surface area contributed by atoms with E-state index in [-0.39, 0.29) is 18.2 Å². The van der Waals surface area contributed by atoms with E-state index in [9.17, 15) is 37.5 Å². The zero-order valence-electron chi connectivity index (χ0n) is 25.1. The largest absolute Gasteiger partial charge is 0.493 e. The van der Waals surface area contributed by atoms with Crippen LogP contribution >= 0.6 is 0 Å².